The molecular weight excluding hydrogens is 242 g/mol. The monoisotopic (exact) mass is 265 g/mol. The molecule has 0 saturated heterocycles. The largest absolute Gasteiger partial charge is 0.494 e. The molecule has 0 aliphatic carbocycles. The zero-order chi connectivity index (χ0) is 14.3. The van der Waals surface area contributed by atoms with Gasteiger partial charge in [0.25, 0.3) is 0 Å². The maximum atomic E-state index is 11.2. The molecule has 0 radical (unpaired) electrons. The second-order valence-electron chi connectivity index (χ2n) is 4.55. The molecule has 1 unspecified atom stereocenters. The SMILES string of the molecule is CCOc1ccc(CCCC(N)C(=O)OC)cc1C. The Bertz CT molecular complexity index is 418. The van der Waals surface area contributed by atoms with E-state index in [4.69, 9.17) is 10.5 Å². The summed E-state index contributed by atoms with van der Waals surface area (Å²) in [6.07, 6.45) is 2.40. The molecule has 1 atom stereocenters. The summed E-state index contributed by atoms with van der Waals surface area (Å²) in [5, 5.41) is 0. The van der Waals surface area contributed by atoms with Gasteiger partial charge in [0, 0.05) is 0 Å². The molecule has 106 valence electrons. The molecule has 0 amide bonds. The third-order valence-electron chi connectivity index (χ3n) is 3.02. The second-order valence-corrected chi connectivity index (χ2v) is 4.55. The summed E-state index contributed by atoms with van der Waals surface area (Å²) in [5.41, 5.74) is 8.06. The number of carbonyl (C=O) groups excluding carboxylic acids is 1. The molecule has 4 nitrogen and oxygen atoms in total. The van der Waals surface area contributed by atoms with Gasteiger partial charge in [-0.3, -0.25) is 4.79 Å². The lowest BCUT2D eigenvalue weighted by Gasteiger charge is -2.11. The van der Waals surface area contributed by atoms with E-state index in [-0.39, 0.29) is 5.97 Å². The Morgan fingerprint density at radius 3 is 2.74 bits per heavy atom. The number of nitrogens with two attached hydrogens (primary N) is 1. The Morgan fingerprint density at radius 2 is 2.16 bits per heavy atom. The third kappa shape index (κ3) is 4.91. The van der Waals surface area contributed by atoms with Gasteiger partial charge in [0.2, 0.25) is 0 Å². The van der Waals surface area contributed by atoms with Crippen LogP contribution < -0.4 is 10.5 Å². The zero-order valence-electron chi connectivity index (χ0n) is 11.9. The van der Waals surface area contributed by atoms with Crippen molar-refractivity contribution >= 4 is 5.97 Å². The van der Waals surface area contributed by atoms with E-state index in [0.29, 0.717) is 13.0 Å². The van der Waals surface area contributed by atoms with Crippen LogP contribution in [0.15, 0.2) is 18.2 Å². The summed E-state index contributed by atoms with van der Waals surface area (Å²) in [7, 11) is 1.36. The van der Waals surface area contributed by atoms with Crippen molar-refractivity contribution in [1.82, 2.24) is 0 Å². The number of esters is 1. The van der Waals surface area contributed by atoms with Crippen molar-refractivity contribution in [3.8, 4) is 5.75 Å². The fourth-order valence-corrected chi connectivity index (χ4v) is 1.98. The molecule has 1 aromatic carbocycles. The summed E-state index contributed by atoms with van der Waals surface area (Å²) in [6, 6.07) is 5.65. The van der Waals surface area contributed by atoms with E-state index in [9.17, 15) is 4.79 Å². The van der Waals surface area contributed by atoms with Crippen molar-refractivity contribution in [1.29, 1.82) is 0 Å². The summed E-state index contributed by atoms with van der Waals surface area (Å²) < 4.78 is 10.1. The van der Waals surface area contributed by atoms with Gasteiger partial charge < -0.3 is 15.2 Å². The van der Waals surface area contributed by atoms with Crippen LogP contribution in [0.1, 0.15) is 30.9 Å². The quantitative estimate of drug-likeness (QED) is 0.768. The van der Waals surface area contributed by atoms with Gasteiger partial charge in [0.15, 0.2) is 0 Å². The first-order valence-electron chi connectivity index (χ1n) is 6.64. The van der Waals surface area contributed by atoms with Crippen molar-refractivity contribution in [2.24, 2.45) is 5.73 Å². The number of hydrogen-bond donors (Lipinski definition) is 1. The topological polar surface area (TPSA) is 61.5 Å². The van der Waals surface area contributed by atoms with Crippen LogP contribution in [0.25, 0.3) is 0 Å². The highest BCUT2D eigenvalue weighted by molar-refractivity contribution is 5.75. The molecule has 1 aromatic rings. The minimum absolute atomic E-state index is 0.345. The number of rotatable bonds is 7. The molecule has 0 saturated carbocycles. The molecule has 4 heteroatoms. The molecule has 0 aliphatic heterocycles. The normalized spacial score (nSPS) is 12.0. The molecule has 0 bridgehead atoms. The van der Waals surface area contributed by atoms with Gasteiger partial charge in [0.05, 0.1) is 13.7 Å². The van der Waals surface area contributed by atoms with Crippen molar-refractivity contribution in [2.45, 2.75) is 39.2 Å². The first kappa shape index (κ1) is 15.5. The molecule has 2 N–H and O–H groups in total. The van der Waals surface area contributed by atoms with Gasteiger partial charge in [-0.15, -0.1) is 0 Å². The van der Waals surface area contributed by atoms with E-state index in [2.05, 4.69) is 16.9 Å². The maximum absolute atomic E-state index is 11.2. The number of carbonyl (C=O) groups is 1. The number of benzene rings is 1. The molecule has 0 aliphatic rings. The van der Waals surface area contributed by atoms with Crippen LogP contribution in [0.4, 0.5) is 0 Å². The van der Waals surface area contributed by atoms with E-state index >= 15 is 0 Å². The molecule has 19 heavy (non-hydrogen) atoms. The van der Waals surface area contributed by atoms with Gasteiger partial charge in [0.1, 0.15) is 11.8 Å². The van der Waals surface area contributed by atoms with E-state index < -0.39 is 6.04 Å². The van der Waals surface area contributed by atoms with Gasteiger partial charge in [-0.25, -0.2) is 0 Å². The highest BCUT2D eigenvalue weighted by atomic mass is 16.5. The predicted octanol–water partition coefficient (Wildman–Crippen LogP) is 2.22. The Balaban J connectivity index is 2.46. The zero-order valence-corrected chi connectivity index (χ0v) is 11.9. The Kier molecular flexibility index (Phi) is 6.36. The summed E-state index contributed by atoms with van der Waals surface area (Å²) in [4.78, 5) is 11.2. The minimum atomic E-state index is -0.520. The van der Waals surface area contributed by atoms with Gasteiger partial charge in [-0.1, -0.05) is 12.1 Å². The average Bonchev–Trinajstić information content (AvgIpc) is 2.40. The predicted molar refractivity (Wildman–Crippen MR) is 75.3 cm³/mol. The first-order valence-corrected chi connectivity index (χ1v) is 6.64. The smallest absolute Gasteiger partial charge is 0.322 e. The maximum Gasteiger partial charge on any atom is 0.322 e. The fourth-order valence-electron chi connectivity index (χ4n) is 1.98. The third-order valence-corrected chi connectivity index (χ3v) is 3.02. The van der Waals surface area contributed by atoms with Crippen molar-refractivity contribution in [3.05, 3.63) is 29.3 Å². The van der Waals surface area contributed by atoms with Crippen molar-refractivity contribution in [3.63, 3.8) is 0 Å². The van der Waals surface area contributed by atoms with E-state index in [0.717, 1.165) is 24.2 Å². The molecule has 1 rings (SSSR count). The van der Waals surface area contributed by atoms with Crippen LogP contribution in [0, 0.1) is 6.92 Å². The number of aryl methyl sites for hydroxylation is 2. The van der Waals surface area contributed by atoms with Gasteiger partial charge >= 0.3 is 5.97 Å². The van der Waals surface area contributed by atoms with Crippen LogP contribution in [0.5, 0.6) is 5.75 Å². The Labute approximate surface area is 114 Å². The van der Waals surface area contributed by atoms with Crippen molar-refractivity contribution < 1.29 is 14.3 Å². The minimum Gasteiger partial charge on any atom is -0.494 e. The summed E-state index contributed by atoms with van der Waals surface area (Å²) in [5.74, 6) is 0.584. The summed E-state index contributed by atoms with van der Waals surface area (Å²) in [6.45, 7) is 4.68. The lowest BCUT2D eigenvalue weighted by Crippen LogP contribution is -2.31. The molecule has 0 aromatic heterocycles. The van der Waals surface area contributed by atoms with Crippen LogP contribution in [0.2, 0.25) is 0 Å². The van der Waals surface area contributed by atoms with Gasteiger partial charge in [-0.05, 0) is 50.3 Å². The fraction of sp³-hybridized carbons (Fsp3) is 0.533. The van der Waals surface area contributed by atoms with Crippen LogP contribution in [-0.4, -0.2) is 25.7 Å². The number of methoxy groups -OCH3 is 1. The highest BCUT2D eigenvalue weighted by Crippen LogP contribution is 2.20. The van der Waals surface area contributed by atoms with E-state index in [1.165, 1.54) is 12.7 Å². The van der Waals surface area contributed by atoms with Crippen LogP contribution in [-0.2, 0) is 16.0 Å². The highest BCUT2D eigenvalue weighted by Gasteiger charge is 2.12. The lowest BCUT2D eigenvalue weighted by molar-refractivity contribution is -0.142. The first-order chi connectivity index (χ1) is 9.08. The second kappa shape index (κ2) is 7.79. The van der Waals surface area contributed by atoms with E-state index in [1.54, 1.807) is 0 Å². The molecule has 0 heterocycles. The Hall–Kier alpha value is -1.55. The number of ether oxygens (including phenoxy) is 2. The molecule has 0 spiro atoms. The van der Waals surface area contributed by atoms with Crippen molar-refractivity contribution in [2.75, 3.05) is 13.7 Å². The average molecular weight is 265 g/mol. The number of hydrogen-bond acceptors (Lipinski definition) is 4. The lowest BCUT2D eigenvalue weighted by atomic mass is 10.0. The van der Waals surface area contributed by atoms with Gasteiger partial charge in [-0.2, -0.15) is 0 Å². The molecule has 0 fully saturated rings. The van der Waals surface area contributed by atoms with E-state index in [1.807, 2.05) is 19.9 Å². The Morgan fingerprint density at radius 1 is 1.42 bits per heavy atom. The molecular formula is C15H23NO3. The standard InChI is InChI=1S/C15H23NO3/c1-4-19-14-9-8-12(10-11(14)2)6-5-7-13(16)15(17)18-3/h8-10,13H,4-7,16H2,1-3H3. The van der Waals surface area contributed by atoms with Crippen LogP contribution in [0.3, 0.4) is 0 Å². The van der Waals surface area contributed by atoms with Crippen LogP contribution >= 0.6 is 0 Å². The summed E-state index contributed by atoms with van der Waals surface area (Å²) >= 11 is 0.